The number of hydrogen-bond donors (Lipinski definition) is 1. The van der Waals surface area contributed by atoms with E-state index in [9.17, 15) is 0 Å². The molecule has 0 aromatic carbocycles. The topological polar surface area (TPSA) is 45.0 Å². The van der Waals surface area contributed by atoms with Crippen LogP contribution in [0.5, 0.6) is 0 Å². The molecule has 17 heavy (non-hydrogen) atoms. The molecule has 1 N–H and O–H groups in total. The Bertz CT molecular complexity index is 261. The summed E-state index contributed by atoms with van der Waals surface area (Å²) in [5.41, 5.74) is -0.534. The van der Waals surface area contributed by atoms with Crippen LogP contribution in [0.2, 0.25) is 0 Å². The van der Waals surface area contributed by atoms with Crippen LogP contribution in [0.3, 0.4) is 0 Å². The van der Waals surface area contributed by atoms with Crippen LogP contribution >= 0.6 is 0 Å². The molecule has 1 fully saturated rings. The highest BCUT2D eigenvalue weighted by Gasteiger charge is 2.27. The van der Waals surface area contributed by atoms with Gasteiger partial charge in [0.1, 0.15) is 5.54 Å². The average Bonchev–Trinajstić information content (AvgIpc) is 2.37. The molecule has 98 valence electrons. The van der Waals surface area contributed by atoms with Crippen molar-refractivity contribution in [2.24, 2.45) is 5.92 Å². The Morgan fingerprint density at radius 3 is 2.76 bits per heavy atom. The molecule has 1 aliphatic carbocycles. The average molecular weight is 238 g/mol. The molecule has 0 aliphatic heterocycles. The van der Waals surface area contributed by atoms with Gasteiger partial charge in [0, 0.05) is 0 Å². The Morgan fingerprint density at radius 1 is 1.41 bits per heavy atom. The van der Waals surface area contributed by atoms with Gasteiger partial charge in [0.05, 0.1) is 18.8 Å². The summed E-state index contributed by atoms with van der Waals surface area (Å²) in [6.07, 6.45) is 6.56. The van der Waals surface area contributed by atoms with Crippen molar-refractivity contribution < 1.29 is 4.74 Å². The van der Waals surface area contributed by atoms with Crippen molar-refractivity contribution in [2.45, 2.75) is 64.5 Å². The number of likely N-dealkylation sites (N-methyl/N-ethyl adjacent to an activating group) is 1. The summed E-state index contributed by atoms with van der Waals surface area (Å²) in [5, 5.41) is 12.3. The van der Waals surface area contributed by atoms with Crippen LogP contribution in [0.25, 0.3) is 0 Å². The molecule has 0 amide bonds. The van der Waals surface area contributed by atoms with Gasteiger partial charge in [-0.15, -0.1) is 0 Å². The Kier molecular flexibility index (Phi) is 5.94. The van der Waals surface area contributed by atoms with Crippen LogP contribution in [-0.4, -0.2) is 24.8 Å². The second-order valence-electron chi connectivity index (χ2n) is 5.35. The molecule has 0 spiro atoms. The van der Waals surface area contributed by atoms with Gasteiger partial charge in [0.15, 0.2) is 0 Å². The smallest absolute Gasteiger partial charge is 0.127 e. The van der Waals surface area contributed by atoms with Gasteiger partial charge in [-0.05, 0) is 32.2 Å². The molecule has 0 bridgehead atoms. The van der Waals surface area contributed by atoms with Crippen molar-refractivity contribution in [3.05, 3.63) is 0 Å². The first-order valence-electron chi connectivity index (χ1n) is 6.91. The molecule has 0 aromatic rings. The molecule has 3 atom stereocenters. The fourth-order valence-electron chi connectivity index (χ4n) is 2.56. The fraction of sp³-hybridized carbons (Fsp3) is 0.929. The third-order valence-corrected chi connectivity index (χ3v) is 3.73. The molecule has 0 aromatic heterocycles. The molecule has 1 saturated carbocycles. The zero-order chi connectivity index (χ0) is 12.7. The van der Waals surface area contributed by atoms with Gasteiger partial charge in [0.25, 0.3) is 0 Å². The van der Waals surface area contributed by atoms with Crippen molar-refractivity contribution >= 4 is 0 Å². The zero-order valence-corrected chi connectivity index (χ0v) is 11.5. The number of nitriles is 1. The second kappa shape index (κ2) is 6.98. The normalized spacial score (nSPS) is 28.4. The first-order chi connectivity index (χ1) is 8.13. The van der Waals surface area contributed by atoms with E-state index in [-0.39, 0.29) is 0 Å². The van der Waals surface area contributed by atoms with Crippen LogP contribution in [0.1, 0.15) is 52.9 Å². The molecule has 1 rings (SSSR count). The Labute approximate surface area is 106 Å². The van der Waals surface area contributed by atoms with Crippen LogP contribution in [0, 0.1) is 17.2 Å². The summed E-state index contributed by atoms with van der Waals surface area (Å²) in [4.78, 5) is 0. The first kappa shape index (κ1) is 14.5. The molecule has 0 saturated heterocycles. The monoisotopic (exact) mass is 238 g/mol. The van der Waals surface area contributed by atoms with E-state index >= 15 is 0 Å². The highest BCUT2D eigenvalue weighted by Crippen LogP contribution is 2.28. The summed E-state index contributed by atoms with van der Waals surface area (Å²) in [6.45, 7) is 7.49. The molecule has 3 heteroatoms. The Balaban J connectivity index is 2.36. The van der Waals surface area contributed by atoms with Gasteiger partial charge in [-0.25, -0.2) is 0 Å². The highest BCUT2D eigenvalue weighted by atomic mass is 16.5. The van der Waals surface area contributed by atoms with Crippen LogP contribution < -0.4 is 5.32 Å². The number of nitrogens with one attached hydrogen (secondary N) is 1. The molecule has 3 nitrogen and oxygen atoms in total. The predicted octanol–water partition coefficient (Wildman–Crippen LogP) is 2.86. The standard InChI is InChI=1S/C14H26N2O/c1-4-12-7-6-8-13(9-12)17-11-14(3,10-15)16-5-2/h12-13,16H,4-9,11H2,1-3H3. The molecular formula is C14H26N2O. The van der Waals surface area contributed by atoms with E-state index in [1.807, 2.05) is 13.8 Å². The van der Waals surface area contributed by atoms with Crippen LogP contribution in [0.15, 0.2) is 0 Å². The summed E-state index contributed by atoms with van der Waals surface area (Å²) in [7, 11) is 0. The third-order valence-electron chi connectivity index (χ3n) is 3.73. The predicted molar refractivity (Wildman–Crippen MR) is 69.7 cm³/mol. The Hall–Kier alpha value is -0.590. The lowest BCUT2D eigenvalue weighted by atomic mass is 9.85. The molecule has 3 unspecified atom stereocenters. The first-order valence-corrected chi connectivity index (χ1v) is 6.91. The largest absolute Gasteiger partial charge is 0.375 e. The fourth-order valence-corrected chi connectivity index (χ4v) is 2.56. The minimum Gasteiger partial charge on any atom is -0.375 e. The maximum Gasteiger partial charge on any atom is 0.127 e. The van der Waals surface area contributed by atoms with Crippen molar-refractivity contribution in [1.29, 1.82) is 5.26 Å². The minimum atomic E-state index is -0.534. The van der Waals surface area contributed by atoms with E-state index < -0.39 is 5.54 Å². The maximum atomic E-state index is 9.15. The number of hydrogen-bond acceptors (Lipinski definition) is 3. The quantitative estimate of drug-likeness (QED) is 0.774. The van der Waals surface area contributed by atoms with E-state index in [1.165, 1.54) is 25.7 Å². The van der Waals surface area contributed by atoms with Gasteiger partial charge < -0.3 is 4.74 Å². The van der Waals surface area contributed by atoms with Gasteiger partial charge in [-0.2, -0.15) is 5.26 Å². The third kappa shape index (κ3) is 4.65. The van der Waals surface area contributed by atoms with Gasteiger partial charge in [-0.1, -0.05) is 33.1 Å². The lowest BCUT2D eigenvalue weighted by Crippen LogP contribution is -2.46. The minimum absolute atomic E-state index is 0.361. The number of rotatable bonds is 6. The summed E-state index contributed by atoms with van der Waals surface area (Å²) in [5.74, 6) is 0.821. The second-order valence-corrected chi connectivity index (χ2v) is 5.35. The summed E-state index contributed by atoms with van der Waals surface area (Å²) >= 11 is 0. The maximum absolute atomic E-state index is 9.15. The van der Waals surface area contributed by atoms with Gasteiger partial charge in [0.2, 0.25) is 0 Å². The van der Waals surface area contributed by atoms with E-state index in [1.54, 1.807) is 0 Å². The van der Waals surface area contributed by atoms with Crippen LogP contribution in [0.4, 0.5) is 0 Å². The molecular weight excluding hydrogens is 212 g/mol. The molecule has 0 heterocycles. The highest BCUT2D eigenvalue weighted by molar-refractivity contribution is 5.03. The number of nitrogens with zero attached hydrogens (tertiary/aromatic N) is 1. The van der Waals surface area contributed by atoms with Gasteiger partial charge in [-0.3, -0.25) is 5.32 Å². The van der Waals surface area contributed by atoms with E-state index in [0.717, 1.165) is 18.9 Å². The Morgan fingerprint density at radius 2 is 2.18 bits per heavy atom. The van der Waals surface area contributed by atoms with Gasteiger partial charge >= 0.3 is 0 Å². The zero-order valence-electron chi connectivity index (χ0n) is 11.5. The lowest BCUT2D eigenvalue weighted by molar-refractivity contribution is -0.00655. The van der Waals surface area contributed by atoms with E-state index in [2.05, 4.69) is 18.3 Å². The summed E-state index contributed by atoms with van der Waals surface area (Å²) < 4.78 is 5.94. The van der Waals surface area contributed by atoms with Crippen molar-refractivity contribution in [3.63, 3.8) is 0 Å². The number of ether oxygens (including phenoxy) is 1. The molecule has 1 aliphatic rings. The van der Waals surface area contributed by atoms with E-state index in [0.29, 0.717) is 12.7 Å². The SMILES string of the molecule is CCNC(C)(C#N)COC1CCCC(CC)C1. The molecule has 0 radical (unpaired) electrons. The van der Waals surface area contributed by atoms with Crippen molar-refractivity contribution in [2.75, 3.05) is 13.2 Å². The van der Waals surface area contributed by atoms with E-state index in [4.69, 9.17) is 10.00 Å². The van der Waals surface area contributed by atoms with Crippen LogP contribution in [-0.2, 0) is 4.74 Å². The lowest BCUT2D eigenvalue weighted by Gasteiger charge is -2.31. The van der Waals surface area contributed by atoms with Crippen molar-refractivity contribution in [1.82, 2.24) is 5.32 Å². The summed E-state index contributed by atoms with van der Waals surface area (Å²) in [6, 6.07) is 2.31. The van der Waals surface area contributed by atoms with Crippen molar-refractivity contribution in [3.8, 4) is 6.07 Å².